The van der Waals surface area contributed by atoms with Crippen molar-refractivity contribution in [2.75, 3.05) is 13.1 Å². The lowest BCUT2D eigenvalue weighted by Gasteiger charge is -2.33. The van der Waals surface area contributed by atoms with Gasteiger partial charge in [0.25, 0.3) is 5.56 Å². The first kappa shape index (κ1) is 17.7. The SMILES string of the molecule is O=C(Cn1nc(C2CC2)n2c(cc3ccsc32)c1=O)N[C@@H]1CCCN(C2CC2)C1. The van der Waals surface area contributed by atoms with Gasteiger partial charge < -0.3 is 5.32 Å². The predicted octanol–water partition coefficient (Wildman–Crippen LogP) is 2.33. The van der Waals surface area contributed by atoms with E-state index in [0.29, 0.717) is 11.4 Å². The normalized spacial score (nSPS) is 23.1. The Morgan fingerprint density at radius 2 is 2.10 bits per heavy atom. The van der Waals surface area contributed by atoms with Crippen LogP contribution >= 0.6 is 11.3 Å². The molecule has 0 bridgehead atoms. The average molecular weight is 412 g/mol. The molecule has 1 atom stereocenters. The molecule has 6 rings (SSSR count). The van der Waals surface area contributed by atoms with Crippen LogP contribution in [0.2, 0.25) is 0 Å². The summed E-state index contributed by atoms with van der Waals surface area (Å²) in [5, 5.41) is 10.9. The lowest BCUT2D eigenvalue weighted by atomic mass is 10.1. The van der Waals surface area contributed by atoms with E-state index in [2.05, 4.69) is 15.3 Å². The molecule has 3 fully saturated rings. The number of hydrogen-bond acceptors (Lipinski definition) is 5. The van der Waals surface area contributed by atoms with Gasteiger partial charge in [-0.25, -0.2) is 4.68 Å². The summed E-state index contributed by atoms with van der Waals surface area (Å²) in [4.78, 5) is 29.4. The third kappa shape index (κ3) is 3.18. The van der Waals surface area contributed by atoms with Crippen LogP contribution in [-0.4, -0.2) is 50.2 Å². The Morgan fingerprint density at radius 1 is 1.24 bits per heavy atom. The minimum Gasteiger partial charge on any atom is -0.350 e. The van der Waals surface area contributed by atoms with Gasteiger partial charge in [0, 0.05) is 29.9 Å². The molecular weight excluding hydrogens is 386 g/mol. The van der Waals surface area contributed by atoms with Gasteiger partial charge in [0.1, 0.15) is 22.7 Å². The highest BCUT2D eigenvalue weighted by Gasteiger charge is 2.33. The maximum absolute atomic E-state index is 13.1. The van der Waals surface area contributed by atoms with Gasteiger partial charge in [0.05, 0.1) is 0 Å². The van der Waals surface area contributed by atoms with Crippen LogP contribution in [0.25, 0.3) is 15.7 Å². The first-order valence-corrected chi connectivity index (χ1v) is 11.6. The fraction of sp³-hybridized carbons (Fsp3) is 0.571. The summed E-state index contributed by atoms with van der Waals surface area (Å²) in [5.74, 6) is 1.19. The Labute approximate surface area is 172 Å². The fourth-order valence-electron chi connectivity index (χ4n) is 4.67. The van der Waals surface area contributed by atoms with Crippen molar-refractivity contribution < 1.29 is 4.79 Å². The van der Waals surface area contributed by atoms with Crippen molar-refractivity contribution >= 4 is 33.0 Å². The molecule has 8 heteroatoms. The Hall–Kier alpha value is -2.19. The highest BCUT2D eigenvalue weighted by Crippen LogP contribution is 2.40. The highest BCUT2D eigenvalue weighted by molar-refractivity contribution is 7.16. The van der Waals surface area contributed by atoms with E-state index in [1.165, 1.54) is 17.5 Å². The van der Waals surface area contributed by atoms with E-state index >= 15 is 0 Å². The van der Waals surface area contributed by atoms with Gasteiger partial charge in [-0.2, -0.15) is 5.10 Å². The Balaban J connectivity index is 1.27. The molecule has 4 heterocycles. The summed E-state index contributed by atoms with van der Waals surface area (Å²) in [6, 6.07) is 4.88. The van der Waals surface area contributed by atoms with Gasteiger partial charge in [-0.15, -0.1) is 11.3 Å². The summed E-state index contributed by atoms with van der Waals surface area (Å²) >= 11 is 1.63. The van der Waals surface area contributed by atoms with Crippen LogP contribution in [0, 0.1) is 0 Å². The van der Waals surface area contributed by atoms with Crippen molar-refractivity contribution in [1.29, 1.82) is 0 Å². The number of rotatable bonds is 5. The van der Waals surface area contributed by atoms with Crippen molar-refractivity contribution in [1.82, 2.24) is 24.4 Å². The lowest BCUT2D eigenvalue weighted by molar-refractivity contribution is -0.123. The van der Waals surface area contributed by atoms with E-state index in [-0.39, 0.29) is 24.1 Å². The van der Waals surface area contributed by atoms with Crippen LogP contribution in [0.5, 0.6) is 0 Å². The number of thiophene rings is 1. The summed E-state index contributed by atoms with van der Waals surface area (Å²) in [5.41, 5.74) is 0.449. The van der Waals surface area contributed by atoms with E-state index in [1.807, 2.05) is 21.9 Å². The number of nitrogens with zero attached hydrogens (tertiary/aromatic N) is 4. The molecule has 1 amide bonds. The zero-order valence-corrected chi connectivity index (χ0v) is 17.2. The second-order valence-corrected chi connectivity index (χ2v) is 9.67. The molecule has 3 aromatic rings. The first-order valence-electron chi connectivity index (χ1n) is 10.7. The second kappa shape index (κ2) is 6.67. The molecule has 7 nitrogen and oxygen atoms in total. The third-order valence-corrected chi connectivity index (χ3v) is 7.35. The molecule has 3 aliphatic rings. The molecule has 1 saturated heterocycles. The van der Waals surface area contributed by atoms with Crippen LogP contribution in [0.4, 0.5) is 0 Å². The summed E-state index contributed by atoms with van der Waals surface area (Å²) in [7, 11) is 0. The fourth-order valence-corrected chi connectivity index (χ4v) is 5.58. The van der Waals surface area contributed by atoms with Crippen molar-refractivity contribution in [3.63, 3.8) is 0 Å². The number of carbonyl (C=O) groups is 1. The number of amides is 1. The van der Waals surface area contributed by atoms with Gasteiger partial charge in [-0.1, -0.05) is 0 Å². The second-order valence-electron chi connectivity index (χ2n) is 8.77. The zero-order chi connectivity index (χ0) is 19.5. The van der Waals surface area contributed by atoms with Crippen molar-refractivity contribution in [2.45, 2.75) is 63.1 Å². The summed E-state index contributed by atoms with van der Waals surface area (Å²) < 4.78 is 3.40. The smallest absolute Gasteiger partial charge is 0.291 e. The molecule has 3 aromatic heterocycles. The molecule has 1 N–H and O–H groups in total. The molecule has 2 aliphatic carbocycles. The molecule has 152 valence electrons. The van der Waals surface area contributed by atoms with Crippen LogP contribution < -0.4 is 10.9 Å². The third-order valence-electron chi connectivity index (χ3n) is 6.43. The van der Waals surface area contributed by atoms with Crippen LogP contribution in [0.15, 0.2) is 22.3 Å². The molecule has 0 aromatic carbocycles. The first-order chi connectivity index (χ1) is 14.2. The molecule has 0 spiro atoms. The highest BCUT2D eigenvalue weighted by atomic mass is 32.1. The monoisotopic (exact) mass is 411 g/mol. The molecule has 29 heavy (non-hydrogen) atoms. The van der Waals surface area contributed by atoms with Gasteiger partial charge in [-0.05, 0) is 62.6 Å². The topological polar surface area (TPSA) is 71.6 Å². The van der Waals surface area contributed by atoms with Gasteiger partial charge in [0.2, 0.25) is 5.91 Å². The Bertz CT molecular complexity index is 1150. The number of likely N-dealkylation sites (tertiary alicyclic amines) is 1. The van der Waals surface area contributed by atoms with E-state index in [0.717, 1.165) is 60.9 Å². The Morgan fingerprint density at radius 3 is 2.90 bits per heavy atom. The van der Waals surface area contributed by atoms with Crippen molar-refractivity contribution in [3.8, 4) is 0 Å². The number of fused-ring (bicyclic) bond motifs is 3. The average Bonchev–Trinajstić information content (AvgIpc) is 3.62. The van der Waals surface area contributed by atoms with E-state index < -0.39 is 0 Å². The van der Waals surface area contributed by atoms with Crippen LogP contribution in [0.1, 0.15) is 50.3 Å². The maximum atomic E-state index is 13.1. The minimum atomic E-state index is -0.184. The molecular formula is C21H25N5O2S. The van der Waals surface area contributed by atoms with Gasteiger partial charge in [-0.3, -0.25) is 18.9 Å². The van der Waals surface area contributed by atoms with E-state index in [9.17, 15) is 9.59 Å². The summed E-state index contributed by atoms with van der Waals surface area (Å²) in [6.45, 7) is 2.07. The number of hydrogen-bond donors (Lipinski definition) is 1. The largest absolute Gasteiger partial charge is 0.350 e. The number of piperidine rings is 1. The van der Waals surface area contributed by atoms with Gasteiger partial charge >= 0.3 is 0 Å². The molecule has 0 unspecified atom stereocenters. The Kier molecular flexibility index (Phi) is 4.06. The molecule has 2 saturated carbocycles. The van der Waals surface area contributed by atoms with E-state index in [1.54, 1.807) is 11.3 Å². The predicted molar refractivity (Wildman–Crippen MR) is 113 cm³/mol. The molecule has 1 aliphatic heterocycles. The maximum Gasteiger partial charge on any atom is 0.291 e. The van der Waals surface area contributed by atoms with E-state index in [4.69, 9.17) is 0 Å². The lowest BCUT2D eigenvalue weighted by Crippen LogP contribution is -2.49. The summed E-state index contributed by atoms with van der Waals surface area (Å²) in [6.07, 6.45) is 6.90. The number of aromatic nitrogens is 3. The quantitative estimate of drug-likeness (QED) is 0.700. The zero-order valence-electron chi connectivity index (χ0n) is 16.3. The number of nitrogens with one attached hydrogen (secondary N) is 1. The van der Waals surface area contributed by atoms with Crippen molar-refractivity contribution in [2.24, 2.45) is 0 Å². The van der Waals surface area contributed by atoms with Crippen molar-refractivity contribution in [3.05, 3.63) is 33.7 Å². The molecule has 0 radical (unpaired) electrons. The standard InChI is InChI=1S/C21H25N5O2S/c27-18(22-15-2-1-8-24(11-15)16-5-6-16)12-25-20(28)17-10-14-7-9-29-21(14)26(17)19(23-25)13-3-4-13/h7,9-10,13,15-16H,1-6,8,11-12H2,(H,22,27)/t15-/m1/s1. The van der Waals surface area contributed by atoms with Crippen LogP contribution in [-0.2, 0) is 11.3 Å². The number of carbonyl (C=O) groups excluding carboxylic acids is 1. The van der Waals surface area contributed by atoms with Gasteiger partial charge in [0.15, 0.2) is 0 Å². The minimum absolute atomic E-state index is 0.00614. The van der Waals surface area contributed by atoms with Crippen LogP contribution in [0.3, 0.4) is 0 Å².